The van der Waals surface area contributed by atoms with Gasteiger partial charge in [0.15, 0.2) is 0 Å². The molecule has 2 N–H and O–H groups in total. The number of furan rings is 1. The van der Waals surface area contributed by atoms with Crippen molar-refractivity contribution in [2.24, 2.45) is 11.8 Å². The molecule has 112 valence electrons. The van der Waals surface area contributed by atoms with Crippen molar-refractivity contribution in [3.05, 3.63) is 24.2 Å². The molecule has 20 heavy (non-hydrogen) atoms. The van der Waals surface area contributed by atoms with Crippen LogP contribution < -0.4 is 5.32 Å². The van der Waals surface area contributed by atoms with E-state index in [9.17, 15) is 9.59 Å². The highest BCUT2D eigenvalue weighted by Crippen LogP contribution is 2.18. The third-order valence-corrected chi connectivity index (χ3v) is 3.52. The molecule has 0 spiro atoms. The Morgan fingerprint density at radius 2 is 2.00 bits per heavy atom. The van der Waals surface area contributed by atoms with Crippen LogP contribution in [0.5, 0.6) is 0 Å². The number of carbonyl (C=O) groups excluding carboxylic acids is 1. The molecule has 3 atom stereocenters. The molecule has 0 aliphatic heterocycles. The highest BCUT2D eigenvalue weighted by Gasteiger charge is 2.26. The van der Waals surface area contributed by atoms with Crippen molar-refractivity contribution in [1.29, 1.82) is 0 Å². The van der Waals surface area contributed by atoms with Gasteiger partial charge in [-0.3, -0.25) is 14.5 Å². The Labute approximate surface area is 118 Å². The van der Waals surface area contributed by atoms with Crippen molar-refractivity contribution in [2.45, 2.75) is 19.9 Å². The summed E-state index contributed by atoms with van der Waals surface area (Å²) in [6.07, 6.45) is 1.59. The van der Waals surface area contributed by atoms with Crippen LogP contribution in [0.3, 0.4) is 0 Å². The molecular weight excluding hydrogens is 260 g/mol. The van der Waals surface area contributed by atoms with Crippen molar-refractivity contribution < 1.29 is 19.1 Å². The maximum atomic E-state index is 12.0. The number of hydrogen-bond acceptors (Lipinski definition) is 4. The Bertz CT molecular complexity index is 442. The summed E-state index contributed by atoms with van der Waals surface area (Å²) in [6, 6.07) is 3.56. The zero-order chi connectivity index (χ0) is 15.3. The summed E-state index contributed by atoms with van der Waals surface area (Å²) in [5.41, 5.74) is 0. The quantitative estimate of drug-likeness (QED) is 0.789. The first kappa shape index (κ1) is 16.2. The highest BCUT2D eigenvalue weighted by atomic mass is 16.4. The molecule has 1 amide bonds. The molecular formula is C14H22N2O4. The van der Waals surface area contributed by atoms with Crippen LogP contribution in [-0.2, 0) is 9.59 Å². The Morgan fingerprint density at radius 1 is 1.35 bits per heavy atom. The van der Waals surface area contributed by atoms with E-state index in [1.165, 1.54) is 6.92 Å². The van der Waals surface area contributed by atoms with E-state index in [0.717, 1.165) is 5.76 Å². The van der Waals surface area contributed by atoms with Crippen LogP contribution in [0.25, 0.3) is 0 Å². The molecule has 0 bridgehead atoms. The second-order valence-electron chi connectivity index (χ2n) is 5.16. The molecule has 1 heterocycles. The van der Waals surface area contributed by atoms with Crippen LogP contribution in [0.1, 0.15) is 25.6 Å². The van der Waals surface area contributed by atoms with Gasteiger partial charge >= 0.3 is 5.97 Å². The standard InChI is InChI=1S/C14H22N2O4/c1-9(10(2)14(18)19)13(17)15-8-11(16(3)4)12-6-5-7-20-12/h5-7,9-11H,8H2,1-4H3,(H,15,17)(H,18,19). The molecule has 0 saturated heterocycles. The molecule has 0 aliphatic carbocycles. The third-order valence-electron chi connectivity index (χ3n) is 3.52. The van der Waals surface area contributed by atoms with Crippen molar-refractivity contribution in [3.8, 4) is 0 Å². The molecule has 3 unspecified atom stereocenters. The van der Waals surface area contributed by atoms with E-state index in [2.05, 4.69) is 5.32 Å². The molecule has 0 radical (unpaired) electrons. The number of likely N-dealkylation sites (N-methyl/N-ethyl adjacent to an activating group) is 1. The molecule has 0 aliphatic rings. The van der Waals surface area contributed by atoms with Gasteiger partial charge in [-0.1, -0.05) is 13.8 Å². The first-order chi connectivity index (χ1) is 9.34. The predicted octanol–water partition coefficient (Wildman–Crippen LogP) is 1.36. The lowest BCUT2D eigenvalue weighted by molar-refractivity contribution is -0.146. The van der Waals surface area contributed by atoms with E-state index in [1.54, 1.807) is 19.3 Å². The SMILES string of the molecule is CC(C(=O)O)C(C)C(=O)NCC(c1ccco1)N(C)C. The molecule has 6 nitrogen and oxygen atoms in total. The lowest BCUT2D eigenvalue weighted by Crippen LogP contribution is -2.39. The zero-order valence-electron chi connectivity index (χ0n) is 12.3. The average Bonchev–Trinajstić information content (AvgIpc) is 2.90. The predicted molar refractivity (Wildman–Crippen MR) is 74.1 cm³/mol. The summed E-state index contributed by atoms with van der Waals surface area (Å²) in [6.45, 7) is 3.52. The van der Waals surface area contributed by atoms with Gasteiger partial charge in [-0.15, -0.1) is 0 Å². The van der Waals surface area contributed by atoms with Gasteiger partial charge in [-0.05, 0) is 26.2 Å². The van der Waals surface area contributed by atoms with Gasteiger partial charge in [0, 0.05) is 12.5 Å². The van der Waals surface area contributed by atoms with Crippen molar-refractivity contribution >= 4 is 11.9 Å². The van der Waals surface area contributed by atoms with E-state index in [1.807, 2.05) is 25.1 Å². The van der Waals surface area contributed by atoms with Crippen LogP contribution in [0.2, 0.25) is 0 Å². The first-order valence-electron chi connectivity index (χ1n) is 6.55. The summed E-state index contributed by atoms with van der Waals surface area (Å²) in [7, 11) is 3.78. The average molecular weight is 282 g/mol. The Kier molecular flexibility index (Phi) is 5.76. The maximum absolute atomic E-state index is 12.0. The number of hydrogen-bond donors (Lipinski definition) is 2. The molecule has 6 heteroatoms. The number of nitrogens with zero attached hydrogens (tertiary/aromatic N) is 1. The fourth-order valence-corrected chi connectivity index (χ4v) is 1.82. The van der Waals surface area contributed by atoms with Gasteiger partial charge in [-0.25, -0.2) is 0 Å². The minimum Gasteiger partial charge on any atom is -0.481 e. The summed E-state index contributed by atoms with van der Waals surface area (Å²) < 4.78 is 5.35. The van der Waals surface area contributed by atoms with Gasteiger partial charge in [0.25, 0.3) is 0 Å². The lowest BCUT2D eigenvalue weighted by atomic mass is 9.95. The van der Waals surface area contributed by atoms with Gasteiger partial charge < -0.3 is 14.8 Å². The molecule has 1 rings (SSSR count). The normalized spacial score (nSPS) is 15.7. The van der Waals surface area contributed by atoms with Crippen LogP contribution >= 0.6 is 0 Å². The first-order valence-corrected chi connectivity index (χ1v) is 6.55. The number of amides is 1. The summed E-state index contributed by atoms with van der Waals surface area (Å²) in [5.74, 6) is -1.77. The van der Waals surface area contributed by atoms with E-state index in [4.69, 9.17) is 9.52 Å². The van der Waals surface area contributed by atoms with Gasteiger partial charge in [0.2, 0.25) is 5.91 Å². The van der Waals surface area contributed by atoms with Crippen LogP contribution in [0.4, 0.5) is 0 Å². The zero-order valence-corrected chi connectivity index (χ0v) is 12.3. The topological polar surface area (TPSA) is 82.8 Å². The third kappa shape index (κ3) is 4.09. The Balaban J connectivity index is 2.60. The molecule has 0 fully saturated rings. The van der Waals surface area contributed by atoms with E-state index in [0.29, 0.717) is 6.54 Å². The molecule has 0 aromatic carbocycles. The number of carboxylic acids is 1. The van der Waals surface area contributed by atoms with E-state index >= 15 is 0 Å². The smallest absolute Gasteiger partial charge is 0.307 e. The number of carbonyl (C=O) groups is 2. The summed E-state index contributed by atoms with van der Waals surface area (Å²) >= 11 is 0. The number of nitrogens with one attached hydrogen (secondary N) is 1. The molecule has 0 saturated carbocycles. The summed E-state index contributed by atoms with van der Waals surface area (Å²) in [5, 5.41) is 11.7. The monoisotopic (exact) mass is 282 g/mol. The van der Waals surface area contributed by atoms with Crippen molar-refractivity contribution in [2.75, 3.05) is 20.6 Å². The van der Waals surface area contributed by atoms with E-state index < -0.39 is 17.8 Å². The van der Waals surface area contributed by atoms with Crippen molar-refractivity contribution in [3.63, 3.8) is 0 Å². The van der Waals surface area contributed by atoms with Gasteiger partial charge in [-0.2, -0.15) is 0 Å². The van der Waals surface area contributed by atoms with Crippen LogP contribution in [0.15, 0.2) is 22.8 Å². The molecule has 1 aromatic heterocycles. The second-order valence-corrected chi connectivity index (χ2v) is 5.16. The van der Waals surface area contributed by atoms with Crippen LogP contribution in [-0.4, -0.2) is 42.5 Å². The molecule has 1 aromatic rings. The van der Waals surface area contributed by atoms with Gasteiger partial charge in [0.1, 0.15) is 5.76 Å². The number of carboxylic acid groups (broad SMARTS) is 1. The number of aliphatic carboxylic acids is 1. The van der Waals surface area contributed by atoms with Crippen LogP contribution in [0, 0.1) is 11.8 Å². The van der Waals surface area contributed by atoms with Crippen molar-refractivity contribution in [1.82, 2.24) is 10.2 Å². The maximum Gasteiger partial charge on any atom is 0.307 e. The fourth-order valence-electron chi connectivity index (χ4n) is 1.82. The second kappa shape index (κ2) is 7.09. The fraction of sp³-hybridized carbons (Fsp3) is 0.571. The number of rotatable bonds is 7. The Morgan fingerprint density at radius 3 is 2.45 bits per heavy atom. The largest absolute Gasteiger partial charge is 0.481 e. The lowest BCUT2D eigenvalue weighted by Gasteiger charge is -2.24. The minimum absolute atomic E-state index is 0.0821. The highest BCUT2D eigenvalue weighted by molar-refractivity contribution is 5.84. The Hall–Kier alpha value is -1.82. The summed E-state index contributed by atoms with van der Waals surface area (Å²) in [4.78, 5) is 24.8. The minimum atomic E-state index is -0.970. The van der Waals surface area contributed by atoms with E-state index in [-0.39, 0.29) is 11.9 Å². The van der Waals surface area contributed by atoms with Gasteiger partial charge in [0.05, 0.1) is 18.2 Å².